The molecule has 0 radical (unpaired) electrons. The van der Waals surface area contributed by atoms with Crippen LogP contribution in [0.25, 0.3) is 5.52 Å². The summed E-state index contributed by atoms with van der Waals surface area (Å²) in [5, 5.41) is 5.27. The first-order valence-corrected chi connectivity index (χ1v) is 11.6. The number of nitrogens with one attached hydrogen (secondary N) is 2. The minimum atomic E-state index is -3.64. The van der Waals surface area contributed by atoms with Gasteiger partial charge in [-0.3, -0.25) is 14.0 Å². The molecule has 2 amide bonds. The van der Waals surface area contributed by atoms with Crippen LogP contribution in [0.2, 0.25) is 0 Å². The monoisotopic (exact) mass is 444 g/mol. The third-order valence-electron chi connectivity index (χ3n) is 4.40. The predicted octanol–water partition coefficient (Wildman–Crippen LogP) is 2.15. The summed E-state index contributed by atoms with van der Waals surface area (Å²) in [5.41, 5.74) is 1.13. The highest BCUT2D eigenvalue weighted by atomic mass is 32.2. The molecule has 3 rings (SSSR count). The molecule has 0 aliphatic rings. The molecule has 0 saturated carbocycles. The number of aromatic nitrogens is 2. The second kappa shape index (κ2) is 9.71. The van der Waals surface area contributed by atoms with Crippen molar-refractivity contribution in [2.24, 2.45) is 0 Å². The van der Waals surface area contributed by atoms with Gasteiger partial charge in [0.15, 0.2) is 5.69 Å². The van der Waals surface area contributed by atoms with Gasteiger partial charge in [-0.25, -0.2) is 13.4 Å². The summed E-state index contributed by atoms with van der Waals surface area (Å²) in [4.78, 5) is 29.2. The lowest BCUT2D eigenvalue weighted by Crippen LogP contribution is -2.25. The van der Waals surface area contributed by atoms with E-state index in [0.717, 1.165) is 6.26 Å². The summed E-state index contributed by atoms with van der Waals surface area (Å²) in [6, 6.07) is 11.4. The Morgan fingerprint density at radius 3 is 2.68 bits per heavy atom. The molecule has 1 aromatic carbocycles. The van der Waals surface area contributed by atoms with Crippen molar-refractivity contribution in [2.45, 2.75) is 18.5 Å². The molecule has 2 N–H and O–H groups in total. The number of hydrogen-bond donors (Lipinski definition) is 2. The lowest BCUT2D eigenvalue weighted by molar-refractivity contribution is 0.0942. The van der Waals surface area contributed by atoms with E-state index in [9.17, 15) is 18.0 Å². The molecule has 0 atom stereocenters. The third-order valence-corrected chi connectivity index (χ3v) is 5.35. The standard InChI is InChI=1S/C21H24N4O5S/c1-3-30-13-7-11-22-19(26)15-8-6-9-16(14-15)23-20(27)18-17-10-4-5-12-25(17)21(24-18)31(2,28)29/h4-6,8-10,12,14H,3,7,11,13H2,1-2H3,(H,22,26)(H,23,27). The van der Waals surface area contributed by atoms with Crippen LogP contribution in [0.15, 0.2) is 53.8 Å². The van der Waals surface area contributed by atoms with Crippen molar-refractivity contribution in [3.05, 3.63) is 59.9 Å². The van der Waals surface area contributed by atoms with Crippen molar-refractivity contribution in [3.63, 3.8) is 0 Å². The quantitative estimate of drug-likeness (QED) is 0.488. The van der Waals surface area contributed by atoms with Crippen LogP contribution in [0.5, 0.6) is 0 Å². The Morgan fingerprint density at radius 2 is 1.94 bits per heavy atom. The van der Waals surface area contributed by atoms with Crippen molar-refractivity contribution in [3.8, 4) is 0 Å². The molecule has 31 heavy (non-hydrogen) atoms. The topological polar surface area (TPSA) is 119 Å². The number of pyridine rings is 1. The number of fused-ring (bicyclic) bond motifs is 1. The number of carbonyl (C=O) groups is 2. The lowest BCUT2D eigenvalue weighted by atomic mass is 10.2. The average Bonchev–Trinajstić information content (AvgIpc) is 3.14. The van der Waals surface area contributed by atoms with E-state index >= 15 is 0 Å². The highest BCUT2D eigenvalue weighted by Gasteiger charge is 2.23. The maximum absolute atomic E-state index is 12.8. The number of sulfone groups is 1. The van der Waals surface area contributed by atoms with Crippen molar-refractivity contribution in [2.75, 3.05) is 31.3 Å². The number of carbonyl (C=O) groups excluding carboxylic acids is 2. The molecule has 0 spiro atoms. The summed E-state index contributed by atoms with van der Waals surface area (Å²) in [5.74, 6) is -0.840. The molecule has 0 bridgehead atoms. The lowest BCUT2D eigenvalue weighted by Gasteiger charge is -2.08. The largest absolute Gasteiger partial charge is 0.382 e. The zero-order valence-corrected chi connectivity index (χ0v) is 18.1. The smallest absolute Gasteiger partial charge is 0.276 e. The van der Waals surface area contributed by atoms with Crippen molar-refractivity contribution in [1.82, 2.24) is 14.7 Å². The Hall–Kier alpha value is -3.24. The van der Waals surface area contributed by atoms with Gasteiger partial charge in [0.1, 0.15) is 0 Å². The van der Waals surface area contributed by atoms with E-state index in [1.165, 1.54) is 10.6 Å². The molecule has 0 aliphatic carbocycles. The van der Waals surface area contributed by atoms with Gasteiger partial charge in [-0.2, -0.15) is 0 Å². The summed E-state index contributed by atoms with van der Waals surface area (Å²) in [6.07, 6.45) is 3.27. The maximum atomic E-state index is 12.8. The zero-order chi connectivity index (χ0) is 22.4. The van der Waals surface area contributed by atoms with E-state index in [1.54, 1.807) is 42.5 Å². The Labute approximate surface area is 180 Å². The molecule has 2 heterocycles. The third kappa shape index (κ3) is 5.47. The summed E-state index contributed by atoms with van der Waals surface area (Å²) in [6.45, 7) is 3.59. The van der Waals surface area contributed by atoms with Gasteiger partial charge < -0.3 is 15.4 Å². The van der Waals surface area contributed by atoms with Gasteiger partial charge in [0.25, 0.3) is 11.8 Å². The molecule has 0 fully saturated rings. The van der Waals surface area contributed by atoms with Gasteiger partial charge in [-0.1, -0.05) is 12.1 Å². The van der Waals surface area contributed by atoms with E-state index in [2.05, 4.69) is 15.6 Å². The molecule has 0 saturated heterocycles. The number of hydrogen-bond acceptors (Lipinski definition) is 6. The molecule has 0 unspecified atom stereocenters. The van der Waals surface area contributed by atoms with Crippen molar-refractivity contribution >= 4 is 32.9 Å². The van der Waals surface area contributed by atoms with E-state index in [4.69, 9.17) is 4.74 Å². The fraction of sp³-hybridized carbons (Fsp3) is 0.286. The van der Waals surface area contributed by atoms with E-state index in [0.29, 0.717) is 42.9 Å². The second-order valence-electron chi connectivity index (χ2n) is 6.81. The van der Waals surface area contributed by atoms with E-state index in [1.807, 2.05) is 6.92 Å². The van der Waals surface area contributed by atoms with Gasteiger partial charge in [-0.05, 0) is 43.7 Å². The molecule has 10 heteroatoms. The number of amides is 2. The zero-order valence-electron chi connectivity index (χ0n) is 17.3. The van der Waals surface area contributed by atoms with Gasteiger partial charge >= 0.3 is 0 Å². The predicted molar refractivity (Wildman–Crippen MR) is 116 cm³/mol. The number of nitrogens with zero attached hydrogens (tertiary/aromatic N) is 2. The van der Waals surface area contributed by atoms with Gasteiger partial charge in [0.2, 0.25) is 15.0 Å². The van der Waals surface area contributed by atoms with Crippen LogP contribution in [0.1, 0.15) is 34.2 Å². The molecule has 0 aliphatic heterocycles. The fourth-order valence-corrected chi connectivity index (χ4v) is 3.76. The van der Waals surface area contributed by atoms with Crippen LogP contribution in [-0.2, 0) is 14.6 Å². The Bertz CT molecular complexity index is 1200. The average molecular weight is 445 g/mol. The van der Waals surface area contributed by atoms with Crippen LogP contribution in [0, 0.1) is 0 Å². The van der Waals surface area contributed by atoms with Gasteiger partial charge in [-0.15, -0.1) is 0 Å². The Balaban J connectivity index is 1.76. The summed E-state index contributed by atoms with van der Waals surface area (Å²) >= 11 is 0. The van der Waals surface area contributed by atoms with Gasteiger partial charge in [0.05, 0.1) is 5.52 Å². The van der Waals surface area contributed by atoms with Crippen molar-refractivity contribution < 1.29 is 22.7 Å². The highest BCUT2D eigenvalue weighted by molar-refractivity contribution is 7.90. The second-order valence-corrected chi connectivity index (χ2v) is 8.72. The minimum absolute atomic E-state index is 0.0215. The number of benzene rings is 1. The van der Waals surface area contributed by atoms with Gasteiger partial charge in [0, 0.05) is 43.5 Å². The minimum Gasteiger partial charge on any atom is -0.382 e. The summed E-state index contributed by atoms with van der Waals surface area (Å²) < 4.78 is 30.7. The van der Waals surface area contributed by atoms with Crippen LogP contribution >= 0.6 is 0 Å². The Morgan fingerprint density at radius 1 is 1.13 bits per heavy atom. The first-order chi connectivity index (χ1) is 14.8. The molecular formula is C21H24N4O5S. The fourth-order valence-electron chi connectivity index (χ4n) is 2.99. The number of imidazole rings is 1. The molecule has 3 aromatic rings. The molecule has 2 aromatic heterocycles. The SMILES string of the molecule is CCOCCCNC(=O)c1cccc(NC(=O)c2nc(S(C)(=O)=O)n3ccccc23)c1. The molecule has 164 valence electrons. The molecular weight excluding hydrogens is 420 g/mol. The molecule has 9 nitrogen and oxygen atoms in total. The van der Waals surface area contributed by atoms with E-state index in [-0.39, 0.29) is 16.8 Å². The summed E-state index contributed by atoms with van der Waals surface area (Å²) in [7, 11) is -3.64. The Kier molecular flexibility index (Phi) is 7.03. The highest BCUT2D eigenvalue weighted by Crippen LogP contribution is 2.19. The normalized spacial score (nSPS) is 11.4. The van der Waals surface area contributed by atoms with Crippen LogP contribution < -0.4 is 10.6 Å². The van der Waals surface area contributed by atoms with Crippen LogP contribution in [0.4, 0.5) is 5.69 Å². The maximum Gasteiger partial charge on any atom is 0.276 e. The number of ether oxygens (including phenoxy) is 1. The van der Waals surface area contributed by atoms with Crippen LogP contribution in [0.3, 0.4) is 0 Å². The van der Waals surface area contributed by atoms with E-state index < -0.39 is 15.7 Å². The first-order valence-electron chi connectivity index (χ1n) is 9.75. The van der Waals surface area contributed by atoms with Crippen LogP contribution in [-0.4, -0.2) is 55.6 Å². The number of rotatable bonds is 9. The number of anilines is 1. The first kappa shape index (κ1) is 22.4. The van der Waals surface area contributed by atoms with Crippen molar-refractivity contribution in [1.29, 1.82) is 0 Å².